The lowest BCUT2D eigenvalue weighted by Crippen LogP contribution is -2.38. The molecule has 0 spiro atoms. The second-order valence-electron chi connectivity index (χ2n) is 21.8. The molecule has 0 aliphatic heterocycles. The number of unbranched alkanes of at least 4 members (excludes halogenated alkanes) is 3. The van der Waals surface area contributed by atoms with Gasteiger partial charge in [-0.1, -0.05) is 121 Å². The van der Waals surface area contributed by atoms with Crippen molar-refractivity contribution in [1.82, 2.24) is 0 Å². The molecule has 4 aliphatic rings. The van der Waals surface area contributed by atoms with E-state index in [-0.39, 0.29) is 11.9 Å². The zero-order valence-electron chi connectivity index (χ0n) is 42.3. The molecule has 0 unspecified atom stereocenters. The van der Waals surface area contributed by atoms with Gasteiger partial charge in [0.2, 0.25) is 0 Å². The fourth-order valence-electron chi connectivity index (χ4n) is 13.1. The highest BCUT2D eigenvalue weighted by atomic mass is 79.9. The molecule has 70 heavy (non-hydrogen) atoms. The van der Waals surface area contributed by atoms with Crippen molar-refractivity contribution in [3.63, 3.8) is 0 Å². The van der Waals surface area contributed by atoms with Crippen molar-refractivity contribution < 1.29 is 28.5 Å². The monoisotopic (exact) mass is 1080 g/mol. The Morgan fingerprint density at radius 3 is 1.10 bits per heavy atom. The van der Waals surface area contributed by atoms with Gasteiger partial charge in [0.25, 0.3) is 0 Å². The molecule has 0 heterocycles. The Morgan fingerprint density at radius 2 is 0.771 bits per heavy atom. The van der Waals surface area contributed by atoms with Crippen LogP contribution in [0.3, 0.4) is 0 Å². The summed E-state index contributed by atoms with van der Waals surface area (Å²) < 4.78 is 27.3. The number of hydrogen-bond donors (Lipinski definition) is 0. The molecule has 0 bridgehead atoms. The molecule has 0 aromatic heterocycles. The number of rotatable bonds is 21. The van der Waals surface area contributed by atoms with Gasteiger partial charge in [0, 0.05) is 8.95 Å². The van der Waals surface area contributed by atoms with Crippen LogP contribution in [0.5, 0.6) is 11.5 Å². The van der Waals surface area contributed by atoms with Crippen LogP contribution in [-0.4, -0.2) is 25.2 Å². The summed E-state index contributed by atoms with van der Waals surface area (Å²) in [5.74, 6) is 5.89. The molecule has 4 aromatic carbocycles. The van der Waals surface area contributed by atoms with Crippen LogP contribution in [0.1, 0.15) is 200 Å². The lowest BCUT2D eigenvalue weighted by molar-refractivity contribution is -0.0561. The number of hydrogen-bond acceptors (Lipinski definition) is 6. The Hall–Kier alpha value is -3.62. The number of carbonyl (C=O) groups excluding carboxylic acids is 2. The van der Waals surface area contributed by atoms with Crippen molar-refractivity contribution in [2.45, 2.75) is 179 Å². The summed E-state index contributed by atoms with van der Waals surface area (Å²) in [5, 5.41) is 0. The number of ether oxygens (including phenoxy) is 4. The van der Waals surface area contributed by atoms with Gasteiger partial charge in [0.05, 0.1) is 24.3 Å². The lowest BCUT2D eigenvalue weighted by Gasteiger charge is -2.43. The average molecular weight is 1080 g/mol. The Morgan fingerprint density at radius 1 is 0.443 bits per heavy atom. The molecular formula is C62H80Br2O6. The van der Waals surface area contributed by atoms with Gasteiger partial charge in [-0.25, -0.2) is 9.59 Å². The first kappa shape index (κ1) is 52.7. The molecule has 0 saturated heterocycles. The molecule has 4 saturated carbocycles. The van der Waals surface area contributed by atoms with E-state index in [9.17, 15) is 9.59 Å². The molecule has 4 fully saturated rings. The first-order valence-corrected chi connectivity index (χ1v) is 29.2. The standard InChI is InChI=1S/C62H80Br2O6/c1-3-9-45-11-15-47(16-12-45)49-35-39-61(40-36-49,53-23-27-55(63)28-24-53)69-59(65)51-19-31-57(32-20-51)67-43-7-5-6-8-44-68-58-33-21-52(22-34-58)60(66)70-62(54-25-29-56(64)30-26-54)41-37-50(38-42-62)48-17-13-46(10-4-2)14-18-48/h19-34,45-50H,3-18,35-44H2,1-2H3. The maximum atomic E-state index is 13.8. The van der Waals surface area contributed by atoms with Crippen LogP contribution >= 0.6 is 31.9 Å². The molecule has 0 N–H and O–H groups in total. The van der Waals surface area contributed by atoms with Crippen LogP contribution in [0.4, 0.5) is 0 Å². The van der Waals surface area contributed by atoms with E-state index in [1.807, 2.05) is 48.5 Å². The topological polar surface area (TPSA) is 71.1 Å². The molecule has 0 amide bonds. The Balaban J connectivity index is 0.735. The quantitative estimate of drug-likeness (QED) is 0.0612. The summed E-state index contributed by atoms with van der Waals surface area (Å²) in [5.41, 5.74) is 2.09. The number of halogens is 2. The van der Waals surface area contributed by atoms with Gasteiger partial charge in [0.1, 0.15) is 22.7 Å². The fraction of sp³-hybridized carbons (Fsp3) is 0.581. The maximum Gasteiger partial charge on any atom is 0.339 e. The van der Waals surface area contributed by atoms with Crippen molar-refractivity contribution in [3.8, 4) is 11.5 Å². The average Bonchev–Trinajstić information content (AvgIpc) is 3.39. The van der Waals surface area contributed by atoms with Gasteiger partial charge in [-0.3, -0.25) is 0 Å². The number of esters is 2. The summed E-state index contributed by atoms with van der Waals surface area (Å²) in [7, 11) is 0. The summed E-state index contributed by atoms with van der Waals surface area (Å²) in [6, 6.07) is 31.7. The zero-order chi connectivity index (χ0) is 48.8. The van der Waals surface area contributed by atoms with Gasteiger partial charge in [-0.2, -0.15) is 0 Å². The predicted molar refractivity (Wildman–Crippen MR) is 289 cm³/mol. The molecule has 4 aliphatic carbocycles. The molecule has 8 rings (SSSR count). The van der Waals surface area contributed by atoms with Crippen molar-refractivity contribution in [2.75, 3.05) is 13.2 Å². The largest absolute Gasteiger partial charge is 0.494 e. The van der Waals surface area contributed by atoms with Gasteiger partial charge in [-0.15, -0.1) is 0 Å². The van der Waals surface area contributed by atoms with E-state index in [2.05, 4.69) is 94.2 Å². The maximum absolute atomic E-state index is 13.8. The smallest absolute Gasteiger partial charge is 0.339 e. The Bertz CT molecular complexity index is 2030. The van der Waals surface area contributed by atoms with Gasteiger partial charge in [-0.05, 0) is 222 Å². The molecular weight excluding hydrogens is 1000 g/mol. The molecule has 4 aromatic rings. The molecule has 0 atom stereocenters. The summed E-state index contributed by atoms with van der Waals surface area (Å²) >= 11 is 7.20. The lowest BCUT2D eigenvalue weighted by atomic mass is 9.66. The highest BCUT2D eigenvalue weighted by Crippen LogP contribution is 2.50. The normalized spacial score (nSPS) is 27.0. The van der Waals surface area contributed by atoms with E-state index in [0.29, 0.717) is 24.3 Å². The third-order valence-electron chi connectivity index (χ3n) is 17.3. The Kier molecular flexibility index (Phi) is 19.5. The Labute approximate surface area is 437 Å². The highest BCUT2D eigenvalue weighted by Gasteiger charge is 2.44. The first-order chi connectivity index (χ1) is 34.1. The van der Waals surface area contributed by atoms with Crippen LogP contribution in [0.25, 0.3) is 0 Å². The fourth-order valence-corrected chi connectivity index (χ4v) is 13.6. The molecule has 0 radical (unpaired) electrons. The minimum Gasteiger partial charge on any atom is -0.494 e. The van der Waals surface area contributed by atoms with Crippen LogP contribution in [0.15, 0.2) is 106 Å². The second-order valence-corrected chi connectivity index (χ2v) is 23.6. The third kappa shape index (κ3) is 14.1. The van der Waals surface area contributed by atoms with Crippen LogP contribution in [0.2, 0.25) is 0 Å². The third-order valence-corrected chi connectivity index (χ3v) is 18.3. The molecule has 6 nitrogen and oxygen atoms in total. The van der Waals surface area contributed by atoms with E-state index in [1.54, 1.807) is 0 Å². The summed E-state index contributed by atoms with van der Waals surface area (Å²) in [6.07, 6.45) is 28.1. The number of carbonyl (C=O) groups is 2. The van der Waals surface area contributed by atoms with Crippen molar-refractivity contribution >= 4 is 43.8 Å². The second kappa shape index (κ2) is 25.9. The summed E-state index contributed by atoms with van der Waals surface area (Å²) in [6.45, 7) is 5.85. The van der Waals surface area contributed by atoms with E-state index in [0.717, 1.165) is 144 Å². The van der Waals surface area contributed by atoms with Crippen molar-refractivity contribution in [2.24, 2.45) is 35.5 Å². The number of benzene rings is 4. The van der Waals surface area contributed by atoms with Crippen molar-refractivity contribution in [3.05, 3.63) is 128 Å². The first-order valence-electron chi connectivity index (χ1n) is 27.6. The molecule has 378 valence electrons. The van der Waals surface area contributed by atoms with Crippen LogP contribution < -0.4 is 9.47 Å². The minimum atomic E-state index is -0.606. The van der Waals surface area contributed by atoms with E-state index in [1.165, 1.54) is 77.0 Å². The van der Waals surface area contributed by atoms with Crippen LogP contribution in [0, 0.1) is 35.5 Å². The molecule has 8 heteroatoms. The van der Waals surface area contributed by atoms with Gasteiger partial charge >= 0.3 is 11.9 Å². The van der Waals surface area contributed by atoms with E-state index < -0.39 is 11.2 Å². The van der Waals surface area contributed by atoms with Gasteiger partial charge < -0.3 is 18.9 Å². The SMILES string of the molecule is CCCC1CCC(C2CCC(OC(=O)c3ccc(OCCCCCCOc4ccc(C(=O)OC5(c6ccc(Br)cc6)CCC(C6CCC(CCC)CC6)CC5)cc4)cc3)(c3ccc(Br)cc3)CC2)CC1. The van der Waals surface area contributed by atoms with Crippen molar-refractivity contribution in [1.29, 1.82) is 0 Å². The van der Waals surface area contributed by atoms with Crippen LogP contribution in [-0.2, 0) is 20.7 Å². The predicted octanol–water partition coefficient (Wildman–Crippen LogP) is 17.9. The summed E-state index contributed by atoms with van der Waals surface area (Å²) in [4.78, 5) is 27.5. The highest BCUT2D eigenvalue weighted by molar-refractivity contribution is 9.10. The minimum absolute atomic E-state index is 0.267. The zero-order valence-corrected chi connectivity index (χ0v) is 45.5. The van der Waals surface area contributed by atoms with Gasteiger partial charge in [0.15, 0.2) is 0 Å². The van der Waals surface area contributed by atoms with E-state index >= 15 is 0 Å². The van der Waals surface area contributed by atoms with E-state index in [4.69, 9.17) is 18.9 Å².